The van der Waals surface area contributed by atoms with Crippen molar-refractivity contribution < 1.29 is 9.59 Å². The van der Waals surface area contributed by atoms with Gasteiger partial charge < -0.3 is 0 Å². The van der Waals surface area contributed by atoms with Crippen LogP contribution in [0.25, 0.3) is 6.08 Å². The number of thioether (sulfide) groups is 1. The Labute approximate surface area is 165 Å². The van der Waals surface area contributed by atoms with E-state index in [1.807, 2.05) is 48.5 Å². The number of amides is 2. The molecule has 3 nitrogen and oxygen atoms in total. The van der Waals surface area contributed by atoms with E-state index in [9.17, 15) is 9.59 Å². The quantitative estimate of drug-likeness (QED) is 0.395. The van der Waals surface area contributed by atoms with E-state index in [2.05, 4.69) is 45.2 Å². The average Bonchev–Trinajstić information content (AvgIpc) is 2.79. The molecule has 6 heteroatoms. The van der Waals surface area contributed by atoms with Gasteiger partial charge in [-0.2, -0.15) is 0 Å². The van der Waals surface area contributed by atoms with E-state index in [0.717, 1.165) is 30.0 Å². The second kappa shape index (κ2) is 7.35. The number of imide groups is 1. The van der Waals surface area contributed by atoms with Crippen LogP contribution in [0.2, 0.25) is 0 Å². The Bertz CT molecular complexity index is 802. The van der Waals surface area contributed by atoms with Gasteiger partial charge in [0, 0.05) is 7.14 Å². The minimum Gasteiger partial charge on any atom is -0.268 e. The molecule has 2 amide bonds. The predicted molar refractivity (Wildman–Crippen MR) is 110 cm³/mol. The first-order valence-corrected chi connectivity index (χ1v) is 9.76. The zero-order valence-electron chi connectivity index (χ0n) is 11.8. The van der Waals surface area contributed by atoms with E-state index >= 15 is 0 Å². The highest BCUT2D eigenvalue weighted by atomic mass is 127. The van der Waals surface area contributed by atoms with Crippen LogP contribution in [0.1, 0.15) is 11.1 Å². The maximum Gasteiger partial charge on any atom is 0.293 e. The summed E-state index contributed by atoms with van der Waals surface area (Å²) < 4.78 is 2.17. The molecule has 0 aromatic heterocycles. The molecule has 1 saturated heterocycles. The third-order valence-corrected chi connectivity index (χ3v) is 5.93. The third kappa shape index (κ3) is 3.97. The molecule has 0 N–H and O–H groups in total. The Morgan fingerprint density at radius 2 is 1.70 bits per heavy atom. The Morgan fingerprint density at radius 3 is 2.39 bits per heavy atom. The number of carbonyl (C=O) groups excluding carboxylic acids is 2. The lowest BCUT2D eigenvalue weighted by Gasteiger charge is -2.12. The highest BCUT2D eigenvalue weighted by molar-refractivity contribution is 14.1. The molecule has 0 saturated carbocycles. The lowest BCUT2D eigenvalue weighted by molar-refractivity contribution is -0.123. The number of hydrogen-bond donors (Lipinski definition) is 0. The monoisotopic (exact) mass is 547 g/mol. The lowest BCUT2D eigenvalue weighted by Crippen LogP contribution is -2.27. The van der Waals surface area contributed by atoms with E-state index in [1.54, 1.807) is 6.08 Å². The van der Waals surface area contributed by atoms with Gasteiger partial charge >= 0.3 is 0 Å². The van der Waals surface area contributed by atoms with Crippen molar-refractivity contribution in [1.82, 2.24) is 4.90 Å². The Balaban J connectivity index is 1.82. The fourth-order valence-electron chi connectivity index (χ4n) is 2.14. The normalized spacial score (nSPS) is 16.4. The van der Waals surface area contributed by atoms with Crippen molar-refractivity contribution in [3.8, 4) is 0 Å². The van der Waals surface area contributed by atoms with Crippen LogP contribution in [0.15, 0.2) is 53.4 Å². The van der Waals surface area contributed by atoms with E-state index in [4.69, 9.17) is 0 Å². The molecule has 2 aromatic rings. The molecule has 116 valence electrons. The van der Waals surface area contributed by atoms with Crippen molar-refractivity contribution in [2.75, 3.05) is 0 Å². The van der Waals surface area contributed by atoms with Crippen molar-refractivity contribution >= 4 is 74.2 Å². The molecule has 2 aromatic carbocycles. The number of nitrogens with zero attached hydrogens (tertiary/aromatic N) is 1. The van der Waals surface area contributed by atoms with Crippen LogP contribution in [0.3, 0.4) is 0 Å². The van der Waals surface area contributed by atoms with Crippen LogP contribution in [-0.4, -0.2) is 16.0 Å². The first kappa shape index (κ1) is 17.0. The first-order chi connectivity index (χ1) is 11.0. The Kier molecular flexibility index (Phi) is 5.42. The van der Waals surface area contributed by atoms with Gasteiger partial charge in [0.1, 0.15) is 0 Å². The van der Waals surface area contributed by atoms with Gasteiger partial charge in [-0.25, -0.2) is 0 Å². The van der Waals surface area contributed by atoms with Gasteiger partial charge in [-0.3, -0.25) is 14.5 Å². The van der Waals surface area contributed by atoms with E-state index in [0.29, 0.717) is 11.4 Å². The molecule has 23 heavy (non-hydrogen) atoms. The number of halogens is 2. The Hall–Kier alpha value is -0.870. The molecule has 0 unspecified atom stereocenters. The van der Waals surface area contributed by atoms with Crippen molar-refractivity contribution in [2.45, 2.75) is 6.54 Å². The van der Waals surface area contributed by atoms with Gasteiger partial charge in [0.25, 0.3) is 11.1 Å². The van der Waals surface area contributed by atoms with Crippen LogP contribution < -0.4 is 0 Å². The molecule has 0 bridgehead atoms. The van der Waals surface area contributed by atoms with Crippen LogP contribution in [0.5, 0.6) is 0 Å². The second-order valence-corrected chi connectivity index (χ2v) is 8.32. The number of hydrogen-bond acceptors (Lipinski definition) is 3. The van der Waals surface area contributed by atoms with Crippen molar-refractivity contribution in [1.29, 1.82) is 0 Å². The molecule has 1 heterocycles. The maximum absolute atomic E-state index is 12.5. The van der Waals surface area contributed by atoms with Crippen LogP contribution in [0, 0.1) is 7.14 Å². The molecule has 0 radical (unpaired) electrons. The van der Waals surface area contributed by atoms with Crippen molar-refractivity contribution in [3.05, 3.63) is 71.7 Å². The summed E-state index contributed by atoms with van der Waals surface area (Å²) in [6.45, 7) is 0.310. The van der Waals surface area contributed by atoms with Gasteiger partial charge in [-0.05, 0) is 92.3 Å². The van der Waals surface area contributed by atoms with Crippen molar-refractivity contribution in [2.24, 2.45) is 0 Å². The smallest absolute Gasteiger partial charge is 0.268 e. The van der Waals surface area contributed by atoms with Crippen LogP contribution >= 0.6 is 56.9 Å². The summed E-state index contributed by atoms with van der Waals surface area (Å²) >= 11 is 5.45. The van der Waals surface area contributed by atoms with E-state index < -0.39 is 0 Å². The van der Waals surface area contributed by atoms with Gasteiger partial charge in [0.2, 0.25) is 0 Å². The molecule has 1 fully saturated rings. The maximum atomic E-state index is 12.5. The lowest BCUT2D eigenvalue weighted by atomic mass is 10.2. The SMILES string of the molecule is O=C1S/C(=C\c2ccccc2I)C(=O)N1Cc1ccc(I)cc1. The van der Waals surface area contributed by atoms with Gasteiger partial charge in [-0.15, -0.1) is 0 Å². The topological polar surface area (TPSA) is 37.4 Å². The van der Waals surface area contributed by atoms with Gasteiger partial charge in [-0.1, -0.05) is 30.3 Å². The summed E-state index contributed by atoms with van der Waals surface area (Å²) in [6.07, 6.45) is 1.79. The molecule has 0 aliphatic carbocycles. The highest BCUT2D eigenvalue weighted by Crippen LogP contribution is 2.33. The first-order valence-electron chi connectivity index (χ1n) is 6.79. The zero-order chi connectivity index (χ0) is 16.4. The summed E-state index contributed by atoms with van der Waals surface area (Å²) in [5.41, 5.74) is 1.90. The van der Waals surface area contributed by atoms with E-state index in [1.165, 1.54) is 4.90 Å². The molecular weight excluding hydrogens is 536 g/mol. The van der Waals surface area contributed by atoms with Gasteiger partial charge in [0.15, 0.2) is 0 Å². The summed E-state index contributed by atoms with van der Waals surface area (Å²) in [6, 6.07) is 15.6. The molecule has 1 aliphatic heterocycles. The second-order valence-electron chi connectivity index (χ2n) is 4.92. The van der Waals surface area contributed by atoms with Crippen LogP contribution in [0.4, 0.5) is 4.79 Å². The van der Waals surface area contributed by atoms with Crippen LogP contribution in [-0.2, 0) is 11.3 Å². The molecule has 1 aliphatic rings. The van der Waals surface area contributed by atoms with Gasteiger partial charge in [0.05, 0.1) is 11.4 Å². The standard InChI is InChI=1S/C17H11I2NO2S/c18-13-7-5-11(6-8-13)10-20-16(21)15(23-17(20)22)9-12-3-1-2-4-14(12)19/h1-9H,10H2/b15-9-. The molecule has 0 spiro atoms. The fourth-order valence-corrected chi connectivity index (χ4v) is 3.87. The number of rotatable bonds is 3. The summed E-state index contributed by atoms with van der Waals surface area (Å²) in [5, 5.41) is -0.217. The number of carbonyl (C=O) groups is 2. The third-order valence-electron chi connectivity index (χ3n) is 3.32. The largest absolute Gasteiger partial charge is 0.293 e. The van der Waals surface area contributed by atoms with E-state index in [-0.39, 0.29) is 11.1 Å². The summed E-state index contributed by atoms with van der Waals surface area (Å²) in [4.78, 5) is 26.5. The molecule has 3 rings (SSSR count). The highest BCUT2D eigenvalue weighted by Gasteiger charge is 2.35. The fraction of sp³-hybridized carbons (Fsp3) is 0.0588. The number of benzene rings is 2. The average molecular weight is 547 g/mol. The predicted octanol–water partition coefficient (Wildman–Crippen LogP) is 5.13. The Morgan fingerprint density at radius 1 is 1.00 bits per heavy atom. The molecular formula is C17H11I2NO2S. The van der Waals surface area contributed by atoms with Crippen molar-refractivity contribution in [3.63, 3.8) is 0 Å². The summed E-state index contributed by atoms with van der Waals surface area (Å²) in [7, 11) is 0. The minimum atomic E-state index is -0.224. The zero-order valence-corrected chi connectivity index (χ0v) is 17.0. The summed E-state index contributed by atoms with van der Waals surface area (Å²) in [5.74, 6) is -0.224. The molecule has 0 atom stereocenters. The minimum absolute atomic E-state index is 0.217.